The number of para-hydroxylation sites is 1. The Hall–Kier alpha value is -1.32. The summed E-state index contributed by atoms with van der Waals surface area (Å²) in [5, 5.41) is 10.1. The van der Waals surface area contributed by atoms with E-state index >= 15 is 0 Å². The predicted molar refractivity (Wildman–Crippen MR) is 93.1 cm³/mol. The standard InChI is InChI=1S/C18H22BrNO/c1-3-4-12-20(16-8-6-5-7-9-16)18-13-15(19)10-11-17(18)14(2)21/h5-11,13-14,21H,3-4,12H2,1-2H3. The molecule has 0 fully saturated rings. The van der Waals surface area contributed by atoms with Gasteiger partial charge in [0.2, 0.25) is 0 Å². The van der Waals surface area contributed by atoms with Crippen LogP contribution in [0.4, 0.5) is 11.4 Å². The van der Waals surface area contributed by atoms with Crippen molar-refractivity contribution < 1.29 is 5.11 Å². The second kappa shape index (κ2) is 7.62. The van der Waals surface area contributed by atoms with E-state index in [0.29, 0.717) is 0 Å². The van der Waals surface area contributed by atoms with Gasteiger partial charge < -0.3 is 10.0 Å². The summed E-state index contributed by atoms with van der Waals surface area (Å²) < 4.78 is 1.03. The van der Waals surface area contributed by atoms with Crippen LogP contribution in [0, 0.1) is 0 Å². The zero-order chi connectivity index (χ0) is 15.2. The first-order valence-electron chi connectivity index (χ1n) is 7.43. The molecule has 112 valence electrons. The summed E-state index contributed by atoms with van der Waals surface area (Å²) in [7, 11) is 0. The maximum Gasteiger partial charge on any atom is 0.0782 e. The second-order valence-corrected chi connectivity index (χ2v) is 6.14. The van der Waals surface area contributed by atoms with E-state index in [9.17, 15) is 5.11 Å². The van der Waals surface area contributed by atoms with Crippen LogP contribution in [0.25, 0.3) is 0 Å². The summed E-state index contributed by atoms with van der Waals surface area (Å²) in [6.45, 7) is 4.95. The third-order valence-corrected chi connectivity index (χ3v) is 4.03. The molecule has 2 aromatic rings. The minimum Gasteiger partial charge on any atom is -0.389 e. The molecule has 0 heterocycles. The van der Waals surface area contributed by atoms with Gasteiger partial charge in [-0.3, -0.25) is 0 Å². The highest BCUT2D eigenvalue weighted by Crippen LogP contribution is 2.34. The van der Waals surface area contributed by atoms with Crippen LogP contribution in [0.15, 0.2) is 53.0 Å². The van der Waals surface area contributed by atoms with E-state index in [4.69, 9.17) is 0 Å². The van der Waals surface area contributed by atoms with E-state index in [-0.39, 0.29) is 0 Å². The van der Waals surface area contributed by atoms with Crippen LogP contribution >= 0.6 is 15.9 Å². The molecule has 0 amide bonds. The molecule has 0 aliphatic carbocycles. The summed E-state index contributed by atoms with van der Waals surface area (Å²) >= 11 is 3.55. The molecule has 0 aliphatic heterocycles. The molecule has 0 spiro atoms. The van der Waals surface area contributed by atoms with Gasteiger partial charge in [-0.1, -0.05) is 53.5 Å². The number of rotatable bonds is 6. The van der Waals surface area contributed by atoms with Crippen molar-refractivity contribution in [1.82, 2.24) is 0 Å². The zero-order valence-corrected chi connectivity index (χ0v) is 14.2. The first-order chi connectivity index (χ1) is 10.1. The fraction of sp³-hybridized carbons (Fsp3) is 0.333. The number of aliphatic hydroxyl groups excluding tert-OH is 1. The maximum atomic E-state index is 10.1. The largest absolute Gasteiger partial charge is 0.389 e. The van der Waals surface area contributed by atoms with Gasteiger partial charge in [-0.05, 0) is 37.6 Å². The van der Waals surface area contributed by atoms with Crippen molar-refractivity contribution in [2.45, 2.75) is 32.8 Å². The third-order valence-electron chi connectivity index (χ3n) is 3.54. The van der Waals surface area contributed by atoms with E-state index in [1.54, 1.807) is 0 Å². The Morgan fingerprint density at radius 3 is 2.48 bits per heavy atom. The number of anilines is 2. The summed E-state index contributed by atoms with van der Waals surface area (Å²) in [5.74, 6) is 0. The fourth-order valence-electron chi connectivity index (χ4n) is 2.42. The minimum atomic E-state index is -0.485. The molecular weight excluding hydrogens is 326 g/mol. The average molecular weight is 348 g/mol. The quantitative estimate of drug-likeness (QED) is 0.751. The molecule has 0 radical (unpaired) electrons. The fourth-order valence-corrected chi connectivity index (χ4v) is 2.77. The highest BCUT2D eigenvalue weighted by Gasteiger charge is 2.16. The van der Waals surface area contributed by atoms with Gasteiger partial charge >= 0.3 is 0 Å². The van der Waals surface area contributed by atoms with E-state index in [2.05, 4.69) is 46.0 Å². The van der Waals surface area contributed by atoms with Gasteiger partial charge in [0.25, 0.3) is 0 Å². The predicted octanol–water partition coefficient (Wildman–Crippen LogP) is 5.44. The van der Waals surface area contributed by atoms with Crippen LogP contribution < -0.4 is 4.90 Å². The summed E-state index contributed by atoms with van der Waals surface area (Å²) in [4.78, 5) is 2.29. The number of aliphatic hydroxyl groups is 1. The van der Waals surface area contributed by atoms with Crippen LogP contribution in [0.3, 0.4) is 0 Å². The van der Waals surface area contributed by atoms with Crippen molar-refractivity contribution in [2.24, 2.45) is 0 Å². The normalized spacial score (nSPS) is 12.2. The second-order valence-electron chi connectivity index (χ2n) is 5.22. The Bertz CT molecular complexity index is 569. The Morgan fingerprint density at radius 1 is 1.14 bits per heavy atom. The van der Waals surface area contributed by atoms with Crippen LogP contribution in [-0.4, -0.2) is 11.7 Å². The van der Waals surface area contributed by atoms with Gasteiger partial charge in [0.15, 0.2) is 0 Å². The number of hydrogen-bond donors (Lipinski definition) is 1. The monoisotopic (exact) mass is 347 g/mol. The Labute approximate surface area is 135 Å². The first-order valence-corrected chi connectivity index (χ1v) is 8.23. The average Bonchev–Trinajstić information content (AvgIpc) is 2.48. The van der Waals surface area contributed by atoms with E-state index < -0.39 is 6.10 Å². The molecule has 1 unspecified atom stereocenters. The summed E-state index contributed by atoms with van der Waals surface area (Å²) in [6.07, 6.45) is 1.77. The van der Waals surface area contributed by atoms with Gasteiger partial charge in [-0.25, -0.2) is 0 Å². The minimum absolute atomic E-state index is 0.485. The van der Waals surface area contributed by atoms with Crippen molar-refractivity contribution >= 4 is 27.3 Å². The molecule has 21 heavy (non-hydrogen) atoms. The van der Waals surface area contributed by atoms with Gasteiger partial charge in [-0.15, -0.1) is 0 Å². The van der Waals surface area contributed by atoms with E-state index in [1.807, 2.05) is 37.3 Å². The molecule has 0 aliphatic rings. The highest BCUT2D eigenvalue weighted by molar-refractivity contribution is 9.10. The molecule has 1 atom stereocenters. The highest BCUT2D eigenvalue weighted by atomic mass is 79.9. The lowest BCUT2D eigenvalue weighted by atomic mass is 10.1. The number of nitrogens with zero attached hydrogens (tertiary/aromatic N) is 1. The molecule has 0 bridgehead atoms. The zero-order valence-electron chi connectivity index (χ0n) is 12.6. The topological polar surface area (TPSA) is 23.5 Å². The van der Waals surface area contributed by atoms with Crippen molar-refractivity contribution in [3.05, 3.63) is 58.6 Å². The number of hydrogen-bond acceptors (Lipinski definition) is 2. The van der Waals surface area contributed by atoms with Crippen LogP contribution in [0.5, 0.6) is 0 Å². The number of unbranched alkanes of at least 4 members (excludes halogenated alkanes) is 1. The Balaban J connectivity index is 2.48. The molecule has 0 aromatic heterocycles. The van der Waals surface area contributed by atoms with Crippen LogP contribution in [0.2, 0.25) is 0 Å². The molecule has 0 saturated carbocycles. The third kappa shape index (κ3) is 4.08. The molecule has 1 N–H and O–H groups in total. The first kappa shape index (κ1) is 16.1. The van der Waals surface area contributed by atoms with E-state index in [1.165, 1.54) is 0 Å². The van der Waals surface area contributed by atoms with Gasteiger partial charge in [-0.2, -0.15) is 0 Å². The number of benzene rings is 2. The van der Waals surface area contributed by atoms with Crippen molar-refractivity contribution in [3.8, 4) is 0 Å². The van der Waals surface area contributed by atoms with Crippen LogP contribution in [-0.2, 0) is 0 Å². The van der Waals surface area contributed by atoms with Gasteiger partial charge in [0.1, 0.15) is 0 Å². The summed E-state index contributed by atoms with van der Waals surface area (Å²) in [6, 6.07) is 16.4. The number of halogens is 1. The summed E-state index contributed by atoms with van der Waals surface area (Å²) in [5.41, 5.74) is 3.18. The van der Waals surface area contributed by atoms with Crippen molar-refractivity contribution in [1.29, 1.82) is 0 Å². The molecule has 2 rings (SSSR count). The SMILES string of the molecule is CCCCN(c1ccccc1)c1cc(Br)ccc1C(C)O. The molecule has 2 aromatic carbocycles. The lowest BCUT2D eigenvalue weighted by Crippen LogP contribution is -2.20. The van der Waals surface area contributed by atoms with E-state index in [0.717, 1.165) is 40.8 Å². The molecular formula is C18H22BrNO. The lowest BCUT2D eigenvalue weighted by Gasteiger charge is -2.28. The Kier molecular flexibility index (Phi) is 5.83. The van der Waals surface area contributed by atoms with Gasteiger partial charge in [0.05, 0.1) is 6.10 Å². The smallest absolute Gasteiger partial charge is 0.0782 e. The van der Waals surface area contributed by atoms with Crippen molar-refractivity contribution in [3.63, 3.8) is 0 Å². The van der Waals surface area contributed by atoms with Gasteiger partial charge in [0, 0.05) is 28.0 Å². The molecule has 0 saturated heterocycles. The van der Waals surface area contributed by atoms with Crippen molar-refractivity contribution in [2.75, 3.05) is 11.4 Å². The Morgan fingerprint density at radius 2 is 1.86 bits per heavy atom. The van der Waals surface area contributed by atoms with Crippen LogP contribution in [0.1, 0.15) is 38.4 Å². The molecule has 3 heteroatoms. The lowest BCUT2D eigenvalue weighted by molar-refractivity contribution is 0.199. The molecule has 2 nitrogen and oxygen atoms in total. The maximum absolute atomic E-state index is 10.1.